The molecule has 0 fully saturated rings. The Kier molecular flexibility index (Phi) is 6.30. The molecule has 0 aliphatic heterocycles. The predicted octanol–water partition coefficient (Wildman–Crippen LogP) is 3.07. The van der Waals surface area contributed by atoms with Crippen molar-refractivity contribution in [2.24, 2.45) is 5.41 Å². The van der Waals surface area contributed by atoms with E-state index in [1.807, 2.05) is 20.8 Å². The Morgan fingerprint density at radius 2 is 1.94 bits per heavy atom. The maximum absolute atomic E-state index is 11.2. The van der Waals surface area contributed by atoms with E-state index in [9.17, 15) is 9.36 Å². The molecule has 0 spiro atoms. The zero-order valence-electron chi connectivity index (χ0n) is 9.62. The van der Waals surface area contributed by atoms with E-state index >= 15 is 0 Å². The summed E-state index contributed by atoms with van der Waals surface area (Å²) >= 11 is 10.2. The number of hydrogen-bond donors (Lipinski definition) is 1. The van der Waals surface area contributed by atoms with E-state index in [0.29, 0.717) is 6.61 Å². The van der Waals surface area contributed by atoms with Gasteiger partial charge in [0.2, 0.25) is 0 Å². The van der Waals surface area contributed by atoms with Gasteiger partial charge in [-0.25, -0.2) is 9.36 Å². The summed E-state index contributed by atoms with van der Waals surface area (Å²) in [5.41, 5.74) is 2.41. The zero-order valence-corrected chi connectivity index (χ0v) is 12.0. The molecule has 1 atom stereocenters. The first kappa shape index (κ1) is 16.2. The highest BCUT2D eigenvalue weighted by Gasteiger charge is 2.25. The predicted molar refractivity (Wildman–Crippen MR) is 63.4 cm³/mol. The molecule has 0 aliphatic rings. The van der Waals surface area contributed by atoms with Crippen LogP contribution in [0.5, 0.6) is 0 Å². The Morgan fingerprint density at radius 3 is 2.31 bits per heavy atom. The second-order valence-corrected chi connectivity index (χ2v) is 8.71. The lowest BCUT2D eigenvalue weighted by molar-refractivity contribution is -0.141. The third-order valence-corrected chi connectivity index (χ3v) is 2.12. The molecule has 0 aliphatic carbocycles. The monoisotopic (exact) mass is 291 g/mol. The van der Waals surface area contributed by atoms with Crippen molar-refractivity contribution in [3.05, 3.63) is 0 Å². The maximum atomic E-state index is 11.2. The van der Waals surface area contributed by atoms with Gasteiger partial charge in [-0.2, -0.15) is 5.48 Å². The van der Waals surface area contributed by atoms with Crippen LogP contribution in [0.3, 0.4) is 0 Å². The molecule has 0 unspecified atom stereocenters. The standard InChI is InChI=1S/C8H16Cl2NO4P/c1-6(7(12)15-16(9,10)13)11-14-5-8(2,3)4/h6,11H,5H2,1-4H3/t6-/m0/s1. The largest absolute Gasteiger partial charge is 0.430 e. The summed E-state index contributed by atoms with van der Waals surface area (Å²) in [7, 11) is 0. The van der Waals surface area contributed by atoms with Gasteiger partial charge in [0.15, 0.2) is 0 Å². The topological polar surface area (TPSA) is 64.6 Å². The van der Waals surface area contributed by atoms with E-state index in [2.05, 4.69) is 10.0 Å². The first-order chi connectivity index (χ1) is 7.01. The van der Waals surface area contributed by atoms with Crippen LogP contribution in [-0.2, 0) is 18.7 Å². The van der Waals surface area contributed by atoms with E-state index in [4.69, 9.17) is 27.3 Å². The van der Waals surface area contributed by atoms with E-state index in [-0.39, 0.29) is 5.41 Å². The van der Waals surface area contributed by atoms with Crippen LogP contribution in [0.2, 0.25) is 0 Å². The van der Waals surface area contributed by atoms with Crippen LogP contribution in [0.25, 0.3) is 0 Å². The fraction of sp³-hybridized carbons (Fsp3) is 0.875. The summed E-state index contributed by atoms with van der Waals surface area (Å²) in [5, 5.41) is 0. The van der Waals surface area contributed by atoms with Crippen molar-refractivity contribution in [3.63, 3.8) is 0 Å². The van der Waals surface area contributed by atoms with E-state index in [1.54, 1.807) is 0 Å². The number of halogens is 2. The molecule has 8 heteroatoms. The molecular formula is C8H16Cl2NO4P. The summed E-state index contributed by atoms with van der Waals surface area (Å²) < 4.78 is 15.1. The average molecular weight is 292 g/mol. The molecule has 1 N–H and O–H groups in total. The minimum atomic E-state index is -3.84. The zero-order chi connectivity index (χ0) is 13.0. The van der Waals surface area contributed by atoms with Crippen molar-refractivity contribution in [1.29, 1.82) is 0 Å². The van der Waals surface area contributed by atoms with Gasteiger partial charge in [-0.05, 0) is 12.3 Å². The summed E-state index contributed by atoms with van der Waals surface area (Å²) in [4.78, 5) is 16.3. The molecule has 0 radical (unpaired) electrons. The molecule has 0 amide bonds. The maximum Gasteiger partial charge on any atom is 0.430 e. The first-order valence-electron chi connectivity index (χ1n) is 4.61. The SMILES string of the molecule is C[C@H](NOCC(C)(C)C)C(=O)OP(=O)(Cl)Cl. The van der Waals surface area contributed by atoms with Crippen molar-refractivity contribution < 1.29 is 18.7 Å². The van der Waals surface area contributed by atoms with Crippen molar-refractivity contribution >= 4 is 34.5 Å². The molecule has 0 aromatic rings. The van der Waals surface area contributed by atoms with Crippen LogP contribution in [0, 0.1) is 5.41 Å². The van der Waals surface area contributed by atoms with Crippen LogP contribution in [-0.4, -0.2) is 18.6 Å². The third-order valence-electron chi connectivity index (χ3n) is 1.32. The van der Waals surface area contributed by atoms with Gasteiger partial charge >= 0.3 is 12.0 Å². The van der Waals surface area contributed by atoms with E-state index in [0.717, 1.165) is 0 Å². The number of nitrogens with one attached hydrogen (secondary N) is 1. The Labute approximate surface area is 105 Å². The Bertz CT molecular complexity index is 286. The molecule has 96 valence electrons. The van der Waals surface area contributed by atoms with Crippen LogP contribution in [0.1, 0.15) is 27.7 Å². The molecule has 0 aromatic carbocycles. The summed E-state index contributed by atoms with van der Waals surface area (Å²) in [5.74, 6) is -0.831. The van der Waals surface area contributed by atoms with E-state index in [1.165, 1.54) is 6.92 Å². The number of hydroxylamine groups is 1. The van der Waals surface area contributed by atoms with Gasteiger partial charge in [-0.15, -0.1) is 0 Å². The molecule has 16 heavy (non-hydrogen) atoms. The lowest BCUT2D eigenvalue weighted by atomic mass is 9.99. The highest BCUT2D eigenvalue weighted by atomic mass is 35.9. The summed E-state index contributed by atoms with van der Waals surface area (Å²) in [6.45, 7) is 7.81. The van der Waals surface area contributed by atoms with Crippen molar-refractivity contribution in [2.75, 3.05) is 6.61 Å². The molecule has 0 aromatic heterocycles. The minimum absolute atomic E-state index is 0.0368. The smallest absolute Gasteiger partial charge is 0.388 e. The van der Waals surface area contributed by atoms with Crippen molar-refractivity contribution in [2.45, 2.75) is 33.7 Å². The van der Waals surface area contributed by atoms with E-state index < -0.39 is 18.1 Å². The summed E-state index contributed by atoms with van der Waals surface area (Å²) in [6, 6.07) is -0.798. The van der Waals surface area contributed by atoms with Gasteiger partial charge in [0.25, 0.3) is 0 Å². The Morgan fingerprint density at radius 1 is 1.44 bits per heavy atom. The average Bonchev–Trinajstić information content (AvgIpc) is 1.98. The highest BCUT2D eigenvalue weighted by Crippen LogP contribution is 2.57. The van der Waals surface area contributed by atoms with Gasteiger partial charge < -0.3 is 9.36 Å². The van der Waals surface area contributed by atoms with Gasteiger partial charge in [-0.1, -0.05) is 20.8 Å². The second kappa shape index (κ2) is 6.22. The number of carbonyl (C=O) groups is 1. The highest BCUT2D eigenvalue weighted by molar-refractivity contribution is 8.05. The molecular weight excluding hydrogens is 276 g/mol. The second-order valence-electron chi connectivity index (χ2n) is 4.51. The molecule has 0 bridgehead atoms. The quantitative estimate of drug-likeness (QED) is 0.623. The molecule has 5 nitrogen and oxygen atoms in total. The third kappa shape index (κ3) is 9.43. The normalized spacial score (nSPS) is 14.6. The summed E-state index contributed by atoms with van der Waals surface area (Å²) in [6.07, 6.45) is -3.84. The van der Waals surface area contributed by atoms with Crippen molar-refractivity contribution in [1.82, 2.24) is 5.48 Å². The van der Waals surface area contributed by atoms with Gasteiger partial charge in [0.05, 0.1) is 6.61 Å². The molecule has 0 heterocycles. The number of carbonyl (C=O) groups excluding carboxylic acids is 1. The fourth-order valence-electron chi connectivity index (χ4n) is 0.615. The van der Waals surface area contributed by atoms with Crippen molar-refractivity contribution in [3.8, 4) is 0 Å². The number of hydrogen-bond acceptors (Lipinski definition) is 5. The fourth-order valence-corrected chi connectivity index (χ4v) is 1.39. The molecule has 0 rings (SSSR count). The Balaban J connectivity index is 3.94. The molecule has 0 saturated carbocycles. The van der Waals surface area contributed by atoms with Crippen LogP contribution in [0.15, 0.2) is 0 Å². The van der Waals surface area contributed by atoms with Crippen LogP contribution < -0.4 is 5.48 Å². The van der Waals surface area contributed by atoms with Gasteiger partial charge in [0.1, 0.15) is 6.04 Å². The first-order valence-corrected chi connectivity index (χ1v) is 8.05. The Hall–Kier alpha value is 0.200. The van der Waals surface area contributed by atoms with Crippen LogP contribution in [0.4, 0.5) is 0 Å². The number of rotatable bonds is 5. The van der Waals surface area contributed by atoms with Gasteiger partial charge in [-0.3, -0.25) is 0 Å². The minimum Gasteiger partial charge on any atom is -0.388 e. The lowest BCUT2D eigenvalue weighted by Gasteiger charge is -2.20. The van der Waals surface area contributed by atoms with Crippen LogP contribution >= 0.6 is 28.6 Å². The molecule has 0 saturated heterocycles. The lowest BCUT2D eigenvalue weighted by Crippen LogP contribution is -2.36. The van der Waals surface area contributed by atoms with Gasteiger partial charge in [0, 0.05) is 22.5 Å².